The lowest BCUT2D eigenvalue weighted by atomic mass is 10.1. The zero-order chi connectivity index (χ0) is 18.7. The maximum atomic E-state index is 12.5. The molecule has 0 spiro atoms. The highest BCUT2D eigenvalue weighted by Gasteiger charge is 2.32. The Morgan fingerprint density at radius 2 is 1.96 bits per heavy atom. The number of nitrogens with one attached hydrogen (secondary N) is 1. The maximum Gasteiger partial charge on any atom is 0.410 e. The first-order valence-corrected chi connectivity index (χ1v) is 9.01. The van der Waals surface area contributed by atoms with Gasteiger partial charge < -0.3 is 24.4 Å². The smallest absolute Gasteiger partial charge is 0.410 e. The summed E-state index contributed by atoms with van der Waals surface area (Å²) in [6.45, 7) is 7.58. The van der Waals surface area contributed by atoms with E-state index in [0.29, 0.717) is 43.4 Å². The number of hydrogen-bond acceptors (Lipinski definition) is 5. The first kappa shape index (κ1) is 18.4. The summed E-state index contributed by atoms with van der Waals surface area (Å²) in [6.07, 6.45) is 1.43. The van der Waals surface area contributed by atoms with Crippen molar-refractivity contribution >= 4 is 12.0 Å². The van der Waals surface area contributed by atoms with Crippen LogP contribution in [0.1, 0.15) is 44.0 Å². The molecule has 1 aromatic carbocycles. The Bertz CT molecular complexity index is 683. The minimum absolute atomic E-state index is 0.0500. The Morgan fingerprint density at radius 1 is 1.23 bits per heavy atom. The number of fused-ring (bicyclic) bond motifs is 1. The van der Waals surface area contributed by atoms with E-state index in [4.69, 9.17) is 14.2 Å². The van der Waals surface area contributed by atoms with Crippen LogP contribution in [0.15, 0.2) is 18.2 Å². The average Bonchev–Trinajstić information content (AvgIpc) is 3.06. The van der Waals surface area contributed by atoms with Crippen LogP contribution in [-0.2, 0) is 4.74 Å². The van der Waals surface area contributed by atoms with Crippen LogP contribution in [0.25, 0.3) is 0 Å². The summed E-state index contributed by atoms with van der Waals surface area (Å²) in [5, 5.41) is 2.91. The molecule has 2 amide bonds. The number of carbonyl (C=O) groups is 2. The van der Waals surface area contributed by atoms with Crippen LogP contribution in [0, 0.1) is 0 Å². The minimum atomic E-state index is -0.529. The van der Waals surface area contributed by atoms with E-state index >= 15 is 0 Å². The largest absolute Gasteiger partial charge is 0.486 e. The second-order valence-electron chi connectivity index (χ2n) is 7.54. The molecule has 3 rings (SSSR count). The first-order valence-electron chi connectivity index (χ1n) is 9.01. The molecule has 1 atom stereocenters. The van der Waals surface area contributed by atoms with Gasteiger partial charge in [0, 0.05) is 18.7 Å². The van der Waals surface area contributed by atoms with Crippen LogP contribution in [0.5, 0.6) is 11.5 Å². The van der Waals surface area contributed by atoms with Crippen molar-refractivity contribution in [2.45, 2.75) is 45.3 Å². The van der Waals surface area contributed by atoms with E-state index in [1.807, 2.05) is 20.8 Å². The third kappa shape index (κ3) is 4.39. The van der Waals surface area contributed by atoms with Gasteiger partial charge in [0.2, 0.25) is 0 Å². The monoisotopic (exact) mass is 362 g/mol. The number of rotatable bonds is 3. The van der Waals surface area contributed by atoms with Gasteiger partial charge in [-0.1, -0.05) is 0 Å². The van der Waals surface area contributed by atoms with Gasteiger partial charge in [0.15, 0.2) is 11.5 Å². The SMILES string of the molecule is CC(C)(C)OC(=O)N1CCC[C@@H]1CNC(=O)c1ccc2c(c1)OCCO2. The molecule has 142 valence electrons. The third-order valence-corrected chi connectivity index (χ3v) is 4.31. The topological polar surface area (TPSA) is 77.1 Å². The lowest BCUT2D eigenvalue weighted by Gasteiger charge is -2.28. The van der Waals surface area contributed by atoms with Gasteiger partial charge in [-0.15, -0.1) is 0 Å². The molecule has 0 aliphatic carbocycles. The van der Waals surface area contributed by atoms with Crippen LogP contribution in [-0.4, -0.2) is 54.8 Å². The molecule has 1 fully saturated rings. The number of likely N-dealkylation sites (tertiary alicyclic amines) is 1. The predicted octanol–water partition coefficient (Wildman–Crippen LogP) is 2.59. The predicted molar refractivity (Wildman–Crippen MR) is 95.7 cm³/mol. The Kier molecular flexibility index (Phi) is 5.25. The number of hydrogen-bond donors (Lipinski definition) is 1. The highest BCUT2D eigenvalue weighted by molar-refractivity contribution is 5.95. The van der Waals surface area contributed by atoms with Gasteiger partial charge in [-0.3, -0.25) is 4.79 Å². The summed E-state index contributed by atoms with van der Waals surface area (Å²) in [6, 6.07) is 5.09. The molecule has 0 aromatic heterocycles. The maximum absolute atomic E-state index is 12.5. The highest BCUT2D eigenvalue weighted by Crippen LogP contribution is 2.30. The molecular weight excluding hydrogens is 336 g/mol. The quantitative estimate of drug-likeness (QED) is 0.894. The molecule has 1 aromatic rings. The molecule has 0 bridgehead atoms. The fourth-order valence-corrected chi connectivity index (χ4v) is 3.11. The van der Waals surface area contributed by atoms with Crippen LogP contribution < -0.4 is 14.8 Å². The number of nitrogens with zero attached hydrogens (tertiary/aromatic N) is 1. The van der Waals surface area contributed by atoms with Crippen molar-refractivity contribution in [3.8, 4) is 11.5 Å². The third-order valence-electron chi connectivity index (χ3n) is 4.31. The van der Waals surface area contributed by atoms with Gasteiger partial charge >= 0.3 is 6.09 Å². The second kappa shape index (κ2) is 7.43. The molecule has 1 saturated heterocycles. The fourth-order valence-electron chi connectivity index (χ4n) is 3.11. The van der Waals surface area contributed by atoms with E-state index in [1.165, 1.54) is 0 Å². The summed E-state index contributed by atoms with van der Waals surface area (Å²) < 4.78 is 16.4. The molecule has 2 heterocycles. The minimum Gasteiger partial charge on any atom is -0.486 e. The Hall–Kier alpha value is -2.44. The van der Waals surface area contributed by atoms with Crippen molar-refractivity contribution in [1.29, 1.82) is 0 Å². The molecule has 2 aliphatic rings. The van der Waals surface area contributed by atoms with Crippen molar-refractivity contribution in [3.05, 3.63) is 23.8 Å². The van der Waals surface area contributed by atoms with Crippen LogP contribution in [0.4, 0.5) is 4.79 Å². The van der Waals surface area contributed by atoms with Gasteiger partial charge in [-0.25, -0.2) is 4.79 Å². The van der Waals surface area contributed by atoms with Crippen LogP contribution >= 0.6 is 0 Å². The van der Waals surface area contributed by atoms with Gasteiger partial charge in [0.1, 0.15) is 18.8 Å². The van der Waals surface area contributed by atoms with E-state index in [9.17, 15) is 9.59 Å². The summed E-state index contributed by atoms with van der Waals surface area (Å²) in [5.74, 6) is 1.04. The van der Waals surface area contributed by atoms with E-state index in [1.54, 1.807) is 23.1 Å². The fraction of sp³-hybridized carbons (Fsp3) is 0.579. The van der Waals surface area contributed by atoms with Crippen LogP contribution in [0.3, 0.4) is 0 Å². The summed E-state index contributed by atoms with van der Waals surface area (Å²) in [4.78, 5) is 26.5. The van der Waals surface area contributed by atoms with E-state index in [0.717, 1.165) is 12.8 Å². The zero-order valence-corrected chi connectivity index (χ0v) is 15.5. The molecule has 7 nitrogen and oxygen atoms in total. The highest BCUT2D eigenvalue weighted by atomic mass is 16.6. The number of benzene rings is 1. The van der Waals surface area contributed by atoms with Crippen molar-refractivity contribution in [3.63, 3.8) is 0 Å². The Labute approximate surface area is 153 Å². The lowest BCUT2D eigenvalue weighted by Crippen LogP contribution is -2.45. The number of carbonyl (C=O) groups excluding carboxylic acids is 2. The van der Waals surface area contributed by atoms with Crippen molar-refractivity contribution in [1.82, 2.24) is 10.2 Å². The van der Waals surface area contributed by atoms with E-state index in [-0.39, 0.29) is 18.0 Å². The Balaban J connectivity index is 1.57. The standard InChI is InChI=1S/C19H26N2O5/c1-19(2,3)26-18(23)21-8-4-5-14(21)12-20-17(22)13-6-7-15-16(11-13)25-10-9-24-15/h6-7,11,14H,4-5,8-10,12H2,1-3H3,(H,20,22)/t14-/m1/s1. The molecule has 2 aliphatic heterocycles. The molecule has 0 saturated carbocycles. The first-order chi connectivity index (χ1) is 12.3. The van der Waals surface area contributed by atoms with Crippen molar-refractivity contribution < 1.29 is 23.8 Å². The van der Waals surface area contributed by atoms with Crippen molar-refractivity contribution in [2.24, 2.45) is 0 Å². The average molecular weight is 362 g/mol. The molecule has 0 radical (unpaired) electrons. The molecular formula is C19H26N2O5. The summed E-state index contributed by atoms with van der Waals surface area (Å²) >= 11 is 0. The van der Waals surface area contributed by atoms with Crippen molar-refractivity contribution in [2.75, 3.05) is 26.3 Å². The lowest BCUT2D eigenvalue weighted by molar-refractivity contribution is 0.0225. The van der Waals surface area contributed by atoms with Gasteiger partial charge in [0.25, 0.3) is 5.91 Å². The molecule has 7 heteroatoms. The Morgan fingerprint density at radius 3 is 2.69 bits per heavy atom. The molecule has 1 N–H and O–H groups in total. The second-order valence-corrected chi connectivity index (χ2v) is 7.54. The number of amides is 2. The van der Waals surface area contributed by atoms with Gasteiger partial charge in [-0.05, 0) is 51.8 Å². The van der Waals surface area contributed by atoms with E-state index in [2.05, 4.69) is 5.32 Å². The normalized spacial score (nSPS) is 19.2. The van der Waals surface area contributed by atoms with Crippen LogP contribution in [0.2, 0.25) is 0 Å². The summed E-state index contributed by atoms with van der Waals surface area (Å²) in [5.41, 5.74) is -0.0188. The van der Waals surface area contributed by atoms with Gasteiger partial charge in [-0.2, -0.15) is 0 Å². The molecule has 0 unspecified atom stereocenters. The van der Waals surface area contributed by atoms with Gasteiger partial charge in [0.05, 0.1) is 6.04 Å². The molecule has 26 heavy (non-hydrogen) atoms. The zero-order valence-electron chi connectivity index (χ0n) is 15.5. The summed E-state index contributed by atoms with van der Waals surface area (Å²) in [7, 11) is 0. The number of ether oxygens (including phenoxy) is 3. The van der Waals surface area contributed by atoms with E-state index < -0.39 is 5.60 Å².